The molecule has 0 aromatic carbocycles. The van der Waals surface area contributed by atoms with Gasteiger partial charge in [-0.1, -0.05) is 0 Å². The minimum Gasteiger partial charge on any atom is -0.444 e. The highest BCUT2D eigenvalue weighted by Crippen LogP contribution is 2.17. The fraction of sp³-hybridized carbons (Fsp3) is 0.625. The van der Waals surface area contributed by atoms with Gasteiger partial charge < -0.3 is 15.0 Å². The monoisotopic (exact) mass is 324 g/mol. The lowest BCUT2D eigenvalue weighted by Crippen LogP contribution is -2.47. The van der Waals surface area contributed by atoms with Crippen molar-refractivity contribution >= 4 is 23.3 Å². The maximum Gasteiger partial charge on any atom is 0.410 e. The van der Waals surface area contributed by atoms with Crippen molar-refractivity contribution in [3.63, 3.8) is 0 Å². The number of rotatable bonds is 2. The minimum atomic E-state index is -0.473. The topological polar surface area (TPSA) is 58.6 Å². The first-order chi connectivity index (χ1) is 10.2. The van der Waals surface area contributed by atoms with Crippen LogP contribution in [0.15, 0.2) is 11.4 Å². The summed E-state index contributed by atoms with van der Waals surface area (Å²) in [5.74, 6) is -0.0277. The fourth-order valence-corrected chi connectivity index (χ4v) is 3.05. The Bertz CT molecular complexity index is 540. The standard InChI is InChI=1S/C16H24N2O3S/c1-11-9-12(10-22-11)14(19)17-13-5-7-18(8-6-13)15(20)21-16(2,3)4/h9-10,13H,5-8H2,1-4H3,(H,17,19). The van der Waals surface area contributed by atoms with Crippen LogP contribution in [-0.4, -0.2) is 41.6 Å². The Labute approximate surface area is 135 Å². The van der Waals surface area contributed by atoms with Gasteiger partial charge in [-0.2, -0.15) is 0 Å². The van der Waals surface area contributed by atoms with Crippen LogP contribution in [0.3, 0.4) is 0 Å². The summed E-state index contributed by atoms with van der Waals surface area (Å²) < 4.78 is 5.37. The van der Waals surface area contributed by atoms with Gasteiger partial charge in [0.15, 0.2) is 0 Å². The van der Waals surface area contributed by atoms with E-state index in [1.54, 1.807) is 16.2 Å². The zero-order chi connectivity index (χ0) is 16.3. The number of piperidine rings is 1. The Kier molecular flexibility index (Phi) is 5.11. The molecule has 1 N–H and O–H groups in total. The summed E-state index contributed by atoms with van der Waals surface area (Å²) in [5, 5.41) is 4.92. The van der Waals surface area contributed by atoms with E-state index in [2.05, 4.69) is 5.32 Å². The number of nitrogens with one attached hydrogen (secondary N) is 1. The average molecular weight is 324 g/mol. The molecule has 2 rings (SSSR count). The molecule has 1 aliphatic rings. The number of likely N-dealkylation sites (tertiary alicyclic amines) is 1. The number of hydrogen-bond donors (Lipinski definition) is 1. The predicted molar refractivity (Wildman–Crippen MR) is 87.4 cm³/mol. The molecule has 1 aromatic heterocycles. The number of carbonyl (C=O) groups excluding carboxylic acids is 2. The van der Waals surface area contributed by atoms with E-state index in [0.29, 0.717) is 13.1 Å². The molecule has 1 saturated heterocycles. The van der Waals surface area contributed by atoms with E-state index in [9.17, 15) is 9.59 Å². The number of ether oxygens (including phenoxy) is 1. The van der Waals surface area contributed by atoms with Crippen LogP contribution in [0.4, 0.5) is 4.79 Å². The lowest BCUT2D eigenvalue weighted by atomic mass is 10.0. The highest BCUT2D eigenvalue weighted by atomic mass is 32.1. The Hall–Kier alpha value is -1.56. The molecule has 1 aliphatic heterocycles. The first kappa shape index (κ1) is 16.8. The molecule has 122 valence electrons. The summed E-state index contributed by atoms with van der Waals surface area (Å²) in [6.45, 7) is 8.80. The van der Waals surface area contributed by atoms with Crippen LogP contribution in [0.1, 0.15) is 48.8 Å². The van der Waals surface area contributed by atoms with Crippen LogP contribution in [0.25, 0.3) is 0 Å². The van der Waals surface area contributed by atoms with Crippen molar-refractivity contribution in [3.05, 3.63) is 21.9 Å². The van der Waals surface area contributed by atoms with Gasteiger partial charge in [0.25, 0.3) is 5.91 Å². The Morgan fingerprint density at radius 3 is 2.45 bits per heavy atom. The molecule has 0 unspecified atom stereocenters. The number of thiophene rings is 1. The van der Waals surface area contributed by atoms with E-state index in [0.717, 1.165) is 23.3 Å². The molecule has 0 bridgehead atoms. The molecule has 6 heteroatoms. The maximum atomic E-state index is 12.1. The number of carbonyl (C=O) groups is 2. The van der Waals surface area contributed by atoms with Crippen molar-refractivity contribution in [2.75, 3.05) is 13.1 Å². The van der Waals surface area contributed by atoms with Gasteiger partial charge in [-0.25, -0.2) is 4.79 Å². The van der Waals surface area contributed by atoms with E-state index < -0.39 is 5.60 Å². The van der Waals surface area contributed by atoms with Crippen molar-refractivity contribution in [3.8, 4) is 0 Å². The highest BCUT2D eigenvalue weighted by Gasteiger charge is 2.27. The van der Waals surface area contributed by atoms with E-state index in [1.807, 2.05) is 39.1 Å². The average Bonchev–Trinajstić information content (AvgIpc) is 2.84. The summed E-state index contributed by atoms with van der Waals surface area (Å²) in [6.07, 6.45) is 1.24. The highest BCUT2D eigenvalue weighted by molar-refractivity contribution is 7.10. The molecule has 0 atom stereocenters. The van der Waals surface area contributed by atoms with E-state index in [4.69, 9.17) is 4.74 Å². The van der Waals surface area contributed by atoms with Crippen LogP contribution in [0.5, 0.6) is 0 Å². The summed E-state index contributed by atoms with van der Waals surface area (Å²) in [5.41, 5.74) is 0.246. The van der Waals surface area contributed by atoms with Crippen molar-refractivity contribution in [1.29, 1.82) is 0 Å². The smallest absolute Gasteiger partial charge is 0.410 e. The second kappa shape index (κ2) is 6.69. The lowest BCUT2D eigenvalue weighted by Gasteiger charge is -2.33. The summed E-state index contributed by atoms with van der Waals surface area (Å²) in [6, 6.07) is 2.02. The first-order valence-corrected chi connectivity index (χ1v) is 8.46. The molecule has 0 aliphatic carbocycles. The predicted octanol–water partition coefficient (Wildman–Crippen LogP) is 3.19. The third kappa shape index (κ3) is 4.73. The Morgan fingerprint density at radius 2 is 1.95 bits per heavy atom. The summed E-state index contributed by atoms with van der Waals surface area (Å²) in [7, 11) is 0. The quantitative estimate of drug-likeness (QED) is 0.909. The van der Waals surface area contributed by atoms with Gasteiger partial charge in [0.1, 0.15) is 5.60 Å². The van der Waals surface area contributed by atoms with Crippen molar-refractivity contribution in [1.82, 2.24) is 10.2 Å². The lowest BCUT2D eigenvalue weighted by molar-refractivity contribution is 0.0199. The van der Waals surface area contributed by atoms with Gasteiger partial charge >= 0.3 is 6.09 Å². The van der Waals surface area contributed by atoms with Crippen LogP contribution < -0.4 is 5.32 Å². The summed E-state index contributed by atoms with van der Waals surface area (Å²) in [4.78, 5) is 26.9. The minimum absolute atomic E-state index is 0.0277. The van der Waals surface area contributed by atoms with Gasteiger partial charge in [-0.15, -0.1) is 11.3 Å². The third-order valence-corrected chi connectivity index (χ3v) is 4.34. The van der Waals surface area contributed by atoms with Crippen molar-refractivity contribution in [2.45, 2.75) is 52.2 Å². The van der Waals surface area contributed by atoms with Gasteiger partial charge in [-0.05, 0) is 46.6 Å². The molecule has 1 fully saturated rings. The second-order valence-electron chi connectivity index (χ2n) is 6.66. The Morgan fingerprint density at radius 1 is 1.32 bits per heavy atom. The van der Waals surface area contributed by atoms with Crippen LogP contribution in [-0.2, 0) is 4.74 Å². The second-order valence-corrected chi connectivity index (χ2v) is 7.78. The molecule has 0 radical (unpaired) electrons. The number of amides is 2. The normalized spacial score (nSPS) is 16.5. The SMILES string of the molecule is Cc1cc(C(=O)NC2CCN(C(=O)OC(C)(C)C)CC2)cs1. The molecular weight excluding hydrogens is 300 g/mol. The number of hydrogen-bond acceptors (Lipinski definition) is 4. The molecule has 22 heavy (non-hydrogen) atoms. The molecule has 0 spiro atoms. The third-order valence-electron chi connectivity index (χ3n) is 3.47. The van der Waals surface area contributed by atoms with E-state index in [1.165, 1.54) is 0 Å². The van der Waals surface area contributed by atoms with Gasteiger partial charge in [-0.3, -0.25) is 4.79 Å². The van der Waals surface area contributed by atoms with Gasteiger partial charge in [0.2, 0.25) is 0 Å². The molecular formula is C16H24N2O3S. The van der Waals surface area contributed by atoms with Crippen LogP contribution >= 0.6 is 11.3 Å². The van der Waals surface area contributed by atoms with Crippen LogP contribution in [0, 0.1) is 6.92 Å². The molecule has 2 amide bonds. The van der Waals surface area contributed by atoms with Crippen molar-refractivity contribution in [2.24, 2.45) is 0 Å². The van der Waals surface area contributed by atoms with Gasteiger partial charge in [0, 0.05) is 29.4 Å². The van der Waals surface area contributed by atoms with E-state index >= 15 is 0 Å². The maximum absolute atomic E-state index is 12.1. The zero-order valence-corrected chi connectivity index (χ0v) is 14.5. The largest absolute Gasteiger partial charge is 0.444 e. The molecule has 2 heterocycles. The summed E-state index contributed by atoms with van der Waals surface area (Å²) >= 11 is 1.57. The zero-order valence-electron chi connectivity index (χ0n) is 13.6. The fourth-order valence-electron chi connectivity index (χ4n) is 2.36. The van der Waals surface area contributed by atoms with Crippen LogP contribution in [0.2, 0.25) is 0 Å². The number of nitrogens with zero attached hydrogens (tertiary/aromatic N) is 1. The van der Waals surface area contributed by atoms with Gasteiger partial charge in [0.05, 0.1) is 5.56 Å². The van der Waals surface area contributed by atoms with Crippen molar-refractivity contribution < 1.29 is 14.3 Å². The molecule has 5 nitrogen and oxygen atoms in total. The first-order valence-electron chi connectivity index (χ1n) is 7.58. The Balaban J connectivity index is 1.80. The molecule has 0 saturated carbocycles. The molecule has 1 aromatic rings. The number of aryl methyl sites for hydroxylation is 1. The van der Waals surface area contributed by atoms with E-state index in [-0.39, 0.29) is 18.0 Å².